The molecule has 1 unspecified atom stereocenters. The fraction of sp³-hybridized carbons (Fsp3) is 0.312. The van der Waals surface area contributed by atoms with Gasteiger partial charge < -0.3 is 9.45 Å². The van der Waals surface area contributed by atoms with Gasteiger partial charge in [-0.05, 0) is 35.4 Å². The first-order valence-corrected chi connectivity index (χ1v) is 8.17. The van der Waals surface area contributed by atoms with Crippen LogP contribution in [-0.4, -0.2) is 27.9 Å². The van der Waals surface area contributed by atoms with E-state index in [-0.39, 0.29) is 5.25 Å². The zero-order valence-electron chi connectivity index (χ0n) is 11.3. The molecule has 0 aliphatic carbocycles. The number of hydrogen-bond acceptors (Lipinski definition) is 3. The summed E-state index contributed by atoms with van der Waals surface area (Å²) in [5, 5.41) is 0.261. The summed E-state index contributed by atoms with van der Waals surface area (Å²) in [6.07, 6.45) is 3.74. The molecule has 1 saturated heterocycles. The number of nitrogens with zero attached hydrogens (tertiary/aromatic N) is 2. The summed E-state index contributed by atoms with van der Waals surface area (Å²) < 4.78 is 12.5. The maximum atomic E-state index is 12.5. The predicted octanol–water partition coefficient (Wildman–Crippen LogP) is 2.86. The summed E-state index contributed by atoms with van der Waals surface area (Å²) in [6.45, 7) is 1.86. The third-order valence-electron chi connectivity index (χ3n) is 3.69. The first-order valence-electron chi connectivity index (χ1n) is 6.96. The molecule has 3 nitrogen and oxygen atoms in total. The third-order valence-corrected chi connectivity index (χ3v) is 5.51. The molecule has 0 spiro atoms. The molecule has 0 amide bonds. The molecule has 1 aliphatic rings. The van der Waals surface area contributed by atoms with E-state index in [9.17, 15) is 4.55 Å². The minimum absolute atomic E-state index is 0.261. The fourth-order valence-electron chi connectivity index (χ4n) is 2.59. The molecular weight excluding hydrogens is 268 g/mol. The second-order valence-electron chi connectivity index (χ2n) is 4.98. The van der Waals surface area contributed by atoms with Crippen LogP contribution in [0.4, 0.5) is 5.82 Å². The molecule has 1 atom stereocenters. The van der Waals surface area contributed by atoms with Gasteiger partial charge in [-0.25, -0.2) is 4.98 Å². The van der Waals surface area contributed by atoms with Crippen molar-refractivity contribution in [1.29, 1.82) is 0 Å². The van der Waals surface area contributed by atoms with E-state index in [0.717, 1.165) is 36.6 Å². The van der Waals surface area contributed by atoms with Gasteiger partial charge in [-0.15, -0.1) is 0 Å². The van der Waals surface area contributed by atoms with Gasteiger partial charge in [0.05, 0.1) is 0 Å². The van der Waals surface area contributed by atoms with Crippen LogP contribution >= 0.6 is 0 Å². The van der Waals surface area contributed by atoms with Crippen molar-refractivity contribution >= 4 is 17.0 Å². The summed E-state index contributed by atoms with van der Waals surface area (Å²) in [5.74, 6) is 1.02. The van der Waals surface area contributed by atoms with Gasteiger partial charge in [0.25, 0.3) is 0 Å². The highest BCUT2D eigenvalue weighted by atomic mass is 32.2. The normalized spacial score (nSPS) is 17.9. The Labute approximate surface area is 122 Å². The lowest BCUT2D eigenvalue weighted by molar-refractivity contribution is 0.527. The number of rotatable bonds is 3. The molecule has 3 rings (SSSR count). The molecule has 20 heavy (non-hydrogen) atoms. The van der Waals surface area contributed by atoms with E-state index in [0.29, 0.717) is 0 Å². The number of anilines is 1. The Bertz CT molecular complexity index is 527. The molecule has 1 aromatic carbocycles. The maximum absolute atomic E-state index is 12.5. The number of benzene rings is 1. The van der Waals surface area contributed by atoms with E-state index < -0.39 is 11.2 Å². The summed E-state index contributed by atoms with van der Waals surface area (Å²) in [7, 11) is 0. The van der Waals surface area contributed by atoms with Crippen LogP contribution in [-0.2, 0) is 11.2 Å². The molecule has 2 aromatic rings. The lowest BCUT2D eigenvalue weighted by Crippen LogP contribution is -2.39. The van der Waals surface area contributed by atoms with Crippen molar-refractivity contribution in [3.05, 3.63) is 54.7 Å². The monoisotopic (exact) mass is 286 g/mol. The van der Waals surface area contributed by atoms with E-state index in [2.05, 4.69) is 9.88 Å². The number of hydrogen-bond donors (Lipinski definition) is 0. The first-order chi connectivity index (χ1) is 9.84. The van der Waals surface area contributed by atoms with Gasteiger partial charge in [-0.1, -0.05) is 24.3 Å². The Kier molecular flexibility index (Phi) is 4.23. The molecule has 104 valence electrons. The van der Waals surface area contributed by atoms with Crippen LogP contribution in [0.2, 0.25) is 0 Å². The Balaban J connectivity index is 1.61. The Hall–Kier alpha value is -1.52. The largest absolute Gasteiger partial charge is 0.611 e. The van der Waals surface area contributed by atoms with Crippen molar-refractivity contribution < 1.29 is 4.55 Å². The van der Waals surface area contributed by atoms with Gasteiger partial charge in [0, 0.05) is 32.1 Å². The predicted molar refractivity (Wildman–Crippen MR) is 82.3 cm³/mol. The minimum atomic E-state index is -0.888. The molecule has 0 N–H and O–H groups in total. The van der Waals surface area contributed by atoms with Gasteiger partial charge in [-0.3, -0.25) is 0 Å². The maximum Gasteiger partial charge on any atom is 0.152 e. The van der Waals surface area contributed by atoms with E-state index in [4.69, 9.17) is 0 Å². The lowest BCUT2D eigenvalue weighted by atomic mass is 10.1. The average Bonchev–Trinajstić information content (AvgIpc) is 2.56. The van der Waals surface area contributed by atoms with Crippen molar-refractivity contribution in [3.8, 4) is 0 Å². The third kappa shape index (κ3) is 2.97. The zero-order chi connectivity index (χ0) is 13.8. The number of piperidine rings is 1. The Morgan fingerprint density at radius 2 is 1.70 bits per heavy atom. The van der Waals surface area contributed by atoms with Crippen molar-refractivity contribution in [3.63, 3.8) is 0 Å². The van der Waals surface area contributed by atoms with E-state index in [1.165, 1.54) is 0 Å². The van der Waals surface area contributed by atoms with Crippen LogP contribution in [0, 0.1) is 0 Å². The zero-order valence-corrected chi connectivity index (χ0v) is 12.1. The van der Waals surface area contributed by atoms with E-state index in [1.54, 1.807) is 0 Å². The summed E-state index contributed by atoms with van der Waals surface area (Å²) in [5.41, 5.74) is 0. The minimum Gasteiger partial charge on any atom is -0.611 e. The molecular formula is C16H18N2OS. The standard InChI is InChI=1S/C16H18N2OS/c19-20(14-6-2-1-3-7-14)15-9-12-18(13-10-15)16-8-4-5-11-17-16/h1-8,11,15H,9-10,12-13H2. The second-order valence-corrected chi connectivity index (χ2v) is 6.72. The summed E-state index contributed by atoms with van der Waals surface area (Å²) >= 11 is -0.888. The highest BCUT2D eigenvalue weighted by Gasteiger charge is 2.29. The smallest absolute Gasteiger partial charge is 0.152 e. The van der Waals surface area contributed by atoms with Crippen LogP contribution in [0.1, 0.15) is 12.8 Å². The van der Waals surface area contributed by atoms with E-state index >= 15 is 0 Å². The topological polar surface area (TPSA) is 39.2 Å². The van der Waals surface area contributed by atoms with Crippen LogP contribution < -0.4 is 4.90 Å². The van der Waals surface area contributed by atoms with Gasteiger partial charge >= 0.3 is 0 Å². The molecule has 0 saturated carbocycles. The Morgan fingerprint density at radius 3 is 2.35 bits per heavy atom. The summed E-state index contributed by atoms with van der Waals surface area (Å²) in [4.78, 5) is 7.60. The molecule has 0 radical (unpaired) electrons. The van der Waals surface area contributed by atoms with E-state index in [1.807, 2.05) is 54.7 Å². The van der Waals surface area contributed by atoms with Crippen molar-refractivity contribution in [2.75, 3.05) is 18.0 Å². The van der Waals surface area contributed by atoms with Gasteiger partial charge in [0.2, 0.25) is 0 Å². The highest BCUT2D eigenvalue weighted by Crippen LogP contribution is 2.26. The molecule has 1 aromatic heterocycles. The second kappa shape index (κ2) is 6.29. The van der Waals surface area contributed by atoms with Crippen LogP contribution in [0.5, 0.6) is 0 Å². The van der Waals surface area contributed by atoms with Gasteiger partial charge in [0.1, 0.15) is 11.1 Å². The number of pyridine rings is 1. The van der Waals surface area contributed by atoms with Gasteiger partial charge in [0.15, 0.2) is 4.90 Å². The van der Waals surface area contributed by atoms with Crippen LogP contribution in [0.15, 0.2) is 59.6 Å². The molecule has 4 heteroatoms. The first kappa shape index (κ1) is 13.5. The SMILES string of the molecule is [O-][S+](c1ccccc1)C1CCN(c2ccccn2)CC1. The van der Waals surface area contributed by atoms with Gasteiger partial charge in [-0.2, -0.15) is 0 Å². The molecule has 1 fully saturated rings. The van der Waals surface area contributed by atoms with Crippen LogP contribution in [0.25, 0.3) is 0 Å². The van der Waals surface area contributed by atoms with Crippen molar-refractivity contribution in [2.24, 2.45) is 0 Å². The molecule has 0 bridgehead atoms. The fourth-order valence-corrected chi connectivity index (χ4v) is 4.04. The molecule has 2 heterocycles. The highest BCUT2D eigenvalue weighted by molar-refractivity contribution is 7.92. The quantitative estimate of drug-likeness (QED) is 0.814. The summed E-state index contributed by atoms with van der Waals surface area (Å²) in [6, 6.07) is 15.8. The lowest BCUT2D eigenvalue weighted by Gasteiger charge is -2.33. The van der Waals surface area contributed by atoms with Crippen LogP contribution in [0.3, 0.4) is 0 Å². The number of aromatic nitrogens is 1. The van der Waals surface area contributed by atoms with Crippen molar-refractivity contribution in [2.45, 2.75) is 23.0 Å². The Morgan fingerprint density at radius 1 is 1.00 bits per heavy atom. The molecule has 1 aliphatic heterocycles. The van der Waals surface area contributed by atoms with Crippen molar-refractivity contribution in [1.82, 2.24) is 4.98 Å². The average molecular weight is 286 g/mol.